The molecular formula is C16H22BrNO3. The van der Waals surface area contributed by atoms with Gasteiger partial charge >= 0.3 is 6.09 Å². The van der Waals surface area contributed by atoms with Gasteiger partial charge in [-0.1, -0.05) is 12.1 Å². The SMILES string of the molecule is CC(C)(C)OC(=O)N1CCCC(Oc2ccccc2Br)C1. The van der Waals surface area contributed by atoms with Crippen molar-refractivity contribution in [2.24, 2.45) is 0 Å². The Kier molecular flexibility index (Phi) is 5.14. The summed E-state index contributed by atoms with van der Waals surface area (Å²) < 4.78 is 12.4. The third-order valence-electron chi connectivity index (χ3n) is 3.16. The Labute approximate surface area is 134 Å². The number of nitrogens with zero attached hydrogens (tertiary/aromatic N) is 1. The van der Waals surface area contributed by atoms with Crippen LogP contribution >= 0.6 is 15.9 Å². The van der Waals surface area contributed by atoms with Crippen LogP contribution in [0.25, 0.3) is 0 Å². The van der Waals surface area contributed by atoms with Crippen LogP contribution in [0.4, 0.5) is 4.79 Å². The molecular weight excluding hydrogens is 334 g/mol. The molecule has 1 aromatic carbocycles. The lowest BCUT2D eigenvalue weighted by atomic mass is 10.1. The Morgan fingerprint density at radius 1 is 1.33 bits per heavy atom. The summed E-state index contributed by atoms with van der Waals surface area (Å²) in [5.41, 5.74) is -0.465. The fraction of sp³-hybridized carbons (Fsp3) is 0.562. The highest BCUT2D eigenvalue weighted by atomic mass is 79.9. The maximum absolute atomic E-state index is 12.1. The Morgan fingerprint density at radius 2 is 2.05 bits per heavy atom. The minimum atomic E-state index is -0.465. The first-order valence-electron chi connectivity index (χ1n) is 7.24. The summed E-state index contributed by atoms with van der Waals surface area (Å²) in [7, 11) is 0. The molecule has 21 heavy (non-hydrogen) atoms. The minimum Gasteiger partial charge on any atom is -0.487 e. The standard InChI is InChI=1S/C16H22BrNO3/c1-16(2,3)21-15(19)18-10-6-7-12(11-18)20-14-9-5-4-8-13(14)17/h4-5,8-9,12H,6-7,10-11H2,1-3H3. The molecule has 1 atom stereocenters. The predicted molar refractivity (Wildman–Crippen MR) is 85.6 cm³/mol. The third-order valence-corrected chi connectivity index (χ3v) is 3.82. The highest BCUT2D eigenvalue weighted by molar-refractivity contribution is 9.10. The number of hydrogen-bond donors (Lipinski definition) is 0. The lowest BCUT2D eigenvalue weighted by Crippen LogP contribution is -2.46. The summed E-state index contributed by atoms with van der Waals surface area (Å²) in [5.74, 6) is 0.813. The summed E-state index contributed by atoms with van der Waals surface area (Å²) in [6.07, 6.45) is 1.61. The number of piperidine rings is 1. The van der Waals surface area contributed by atoms with Gasteiger partial charge in [0.2, 0.25) is 0 Å². The molecule has 116 valence electrons. The van der Waals surface area contributed by atoms with Crippen molar-refractivity contribution >= 4 is 22.0 Å². The molecule has 0 spiro atoms. The predicted octanol–water partition coefficient (Wildman–Crippen LogP) is 4.23. The number of carbonyl (C=O) groups is 1. The van der Waals surface area contributed by atoms with Crippen LogP contribution < -0.4 is 4.74 Å². The minimum absolute atomic E-state index is 0.00460. The zero-order valence-corrected chi connectivity index (χ0v) is 14.4. The number of amides is 1. The Bertz CT molecular complexity index is 499. The van der Waals surface area contributed by atoms with Crippen molar-refractivity contribution in [1.82, 2.24) is 4.90 Å². The van der Waals surface area contributed by atoms with E-state index in [2.05, 4.69) is 15.9 Å². The lowest BCUT2D eigenvalue weighted by Gasteiger charge is -2.34. The van der Waals surface area contributed by atoms with Crippen LogP contribution in [0.3, 0.4) is 0 Å². The molecule has 1 aliphatic heterocycles. The van der Waals surface area contributed by atoms with Gasteiger partial charge in [-0.25, -0.2) is 4.79 Å². The van der Waals surface area contributed by atoms with Gasteiger partial charge < -0.3 is 14.4 Å². The van der Waals surface area contributed by atoms with E-state index in [0.29, 0.717) is 6.54 Å². The maximum atomic E-state index is 12.1. The molecule has 0 aliphatic carbocycles. The summed E-state index contributed by atoms with van der Waals surface area (Å²) in [6, 6.07) is 7.76. The van der Waals surface area contributed by atoms with Gasteiger partial charge in [0.15, 0.2) is 0 Å². The van der Waals surface area contributed by atoms with Gasteiger partial charge in [-0.15, -0.1) is 0 Å². The van der Waals surface area contributed by atoms with Gasteiger partial charge in [0, 0.05) is 6.54 Å². The Hall–Kier alpha value is -1.23. The number of ether oxygens (including phenoxy) is 2. The topological polar surface area (TPSA) is 38.8 Å². The number of halogens is 1. The molecule has 5 heteroatoms. The van der Waals surface area contributed by atoms with E-state index in [1.165, 1.54) is 0 Å². The van der Waals surface area contributed by atoms with Gasteiger partial charge in [-0.05, 0) is 61.7 Å². The average Bonchev–Trinajstić information content (AvgIpc) is 2.40. The first-order chi connectivity index (χ1) is 9.85. The number of carbonyl (C=O) groups excluding carboxylic acids is 1. The molecule has 1 unspecified atom stereocenters. The van der Waals surface area contributed by atoms with E-state index in [1.807, 2.05) is 45.0 Å². The molecule has 1 heterocycles. The monoisotopic (exact) mass is 355 g/mol. The number of hydrogen-bond acceptors (Lipinski definition) is 3. The van der Waals surface area contributed by atoms with Crippen LogP contribution in [0, 0.1) is 0 Å². The van der Waals surface area contributed by atoms with E-state index in [1.54, 1.807) is 4.90 Å². The Balaban J connectivity index is 1.95. The zero-order valence-electron chi connectivity index (χ0n) is 12.8. The number of benzene rings is 1. The van der Waals surface area contributed by atoms with Gasteiger partial charge in [0.05, 0.1) is 11.0 Å². The molecule has 1 aliphatic rings. The van der Waals surface area contributed by atoms with Crippen molar-refractivity contribution in [3.8, 4) is 5.75 Å². The summed E-state index contributed by atoms with van der Waals surface area (Å²) in [6.45, 7) is 6.93. The largest absolute Gasteiger partial charge is 0.487 e. The van der Waals surface area contributed by atoms with E-state index in [9.17, 15) is 4.79 Å². The highest BCUT2D eigenvalue weighted by Gasteiger charge is 2.28. The van der Waals surface area contributed by atoms with E-state index >= 15 is 0 Å². The van der Waals surface area contributed by atoms with Crippen molar-refractivity contribution in [1.29, 1.82) is 0 Å². The second-order valence-electron chi connectivity index (χ2n) is 6.24. The molecule has 1 saturated heterocycles. The van der Waals surface area contributed by atoms with Crippen LogP contribution in [-0.2, 0) is 4.74 Å². The molecule has 0 bridgehead atoms. The molecule has 1 amide bonds. The van der Waals surface area contributed by atoms with E-state index in [4.69, 9.17) is 9.47 Å². The quantitative estimate of drug-likeness (QED) is 0.796. The number of para-hydroxylation sites is 1. The molecule has 0 radical (unpaired) electrons. The Morgan fingerprint density at radius 3 is 2.71 bits per heavy atom. The van der Waals surface area contributed by atoms with E-state index < -0.39 is 5.60 Å². The normalized spacial score (nSPS) is 19.2. The molecule has 0 N–H and O–H groups in total. The first kappa shape index (κ1) is 16.1. The van der Waals surface area contributed by atoms with Gasteiger partial charge in [-0.2, -0.15) is 0 Å². The van der Waals surface area contributed by atoms with Gasteiger partial charge in [0.25, 0.3) is 0 Å². The summed E-state index contributed by atoms with van der Waals surface area (Å²) in [5, 5.41) is 0. The van der Waals surface area contributed by atoms with E-state index in [-0.39, 0.29) is 12.2 Å². The van der Waals surface area contributed by atoms with Gasteiger partial charge in [0.1, 0.15) is 17.5 Å². The molecule has 1 fully saturated rings. The highest BCUT2D eigenvalue weighted by Crippen LogP contribution is 2.27. The zero-order chi connectivity index (χ0) is 15.5. The maximum Gasteiger partial charge on any atom is 0.410 e. The fourth-order valence-electron chi connectivity index (χ4n) is 2.25. The third kappa shape index (κ3) is 4.92. The van der Waals surface area contributed by atoms with Crippen LogP contribution in [0.2, 0.25) is 0 Å². The van der Waals surface area contributed by atoms with Crippen molar-refractivity contribution < 1.29 is 14.3 Å². The second-order valence-corrected chi connectivity index (χ2v) is 7.09. The second kappa shape index (κ2) is 6.69. The van der Waals surface area contributed by atoms with Crippen LogP contribution in [0.1, 0.15) is 33.6 Å². The van der Waals surface area contributed by atoms with Crippen molar-refractivity contribution in [3.05, 3.63) is 28.7 Å². The average molecular weight is 356 g/mol. The van der Waals surface area contributed by atoms with Crippen LogP contribution in [-0.4, -0.2) is 35.8 Å². The molecule has 4 nitrogen and oxygen atoms in total. The summed E-state index contributed by atoms with van der Waals surface area (Å²) in [4.78, 5) is 13.8. The lowest BCUT2D eigenvalue weighted by molar-refractivity contribution is 0.00768. The molecule has 2 rings (SSSR count). The number of likely N-dealkylation sites (tertiary alicyclic amines) is 1. The van der Waals surface area contributed by atoms with Crippen LogP contribution in [0.5, 0.6) is 5.75 Å². The van der Waals surface area contributed by atoms with Crippen molar-refractivity contribution in [3.63, 3.8) is 0 Å². The van der Waals surface area contributed by atoms with E-state index in [0.717, 1.165) is 29.6 Å². The smallest absolute Gasteiger partial charge is 0.410 e. The van der Waals surface area contributed by atoms with Crippen LogP contribution in [0.15, 0.2) is 28.7 Å². The molecule has 0 saturated carbocycles. The first-order valence-corrected chi connectivity index (χ1v) is 8.03. The molecule has 0 aromatic heterocycles. The fourth-order valence-corrected chi connectivity index (χ4v) is 2.62. The van der Waals surface area contributed by atoms with Crippen molar-refractivity contribution in [2.45, 2.75) is 45.3 Å². The van der Waals surface area contributed by atoms with Crippen molar-refractivity contribution in [2.75, 3.05) is 13.1 Å². The van der Waals surface area contributed by atoms with Gasteiger partial charge in [-0.3, -0.25) is 0 Å². The molecule has 1 aromatic rings. The summed E-state index contributed by atoms with van der Waals surface area (Å²) >= 11 is 3.48. The number of rotatable bonds is 2.